The topological polar surface area (TPSA) is 0 Å². The average molecular weight is 1150 g/mol. The predicted octanol–water partition coefficient (Wildman–Crippen LogP) is 10.2. The van der Waals surface area contributed by atoms with Crippen molar-refractivity contribution in [2.24, 2.45) is 0 Å². The molecule has 8 rings (SSSR count). The Morgan fingerprint density at radius 1 is 0.500 bits per heavy atom. The van der Waals surface area contributed by atoms with Gasteiger partial charge in [0.25, 0.3) is 0 Å². The van der Waals surface area contributed by atoms with E-state index in [0.29, 0.717) is 0 Å². The molecule has 2 saturated heterocycles. The summed E-state index contributed by atoms with van der Waals surface area (Å²) in [5.74, 6) is 4.99. The number of hydrogen-bond acceptors (Lipinski definition) is 0. The summed E-state index contributed by atoms with van der Waals surface area (Å²) in [5.41, 5.74) is 11.7. The second-order valence-corrected chi connectivity index (χ2v) is 33.1. The van der Waals surface area contributed by atoms with Gasteiger partial charge in [0.05, 0.1) is 35.0 Å². The van der Waals surface area contributed by atoms with Crippen LogP contribution in [0.25, 0.3) is 22.3 Å². The molecule has 0 aliphatic carbocycles. The van der Waals surface area contributed by atoms with Gasteiger partial charge in [0.15, 0.2) is 0 Å². The Labute approximate surface area is 364 Å². The van der Waals surface area contributed by atoms with Crippen LogP contribution in [0.2, 0.25) is 26.2 Å². The third-order valence-electron chi connectivity index (χ3n) is 13.2. The van der Waals surface area contributed by atoms with Gasteiger partial charge in [0.1, 0.15) is 16.1 Å². The van der Waals surface area contributed by atoms with Gasteiger partial charge >= 0.3 is 44.8 Å². The zero-order chi connectivity index (χ0) is 37.2. The molecule has 290 valence electrons. The summed E-state index contributed by atoms with van der Waals surface area (Å²) < 4.78 is 0. The molecule has 6 heteroatoms. The van der Waals surface area contributed by atoms with Crippen LogP contribution in [0.1, 0.15) is 77.3 Å². The molecular weight excluding hydrogens is 1090 g/mol. The Hall–Kier alpha value is -1.23. The van der Waals surface area contributed by atoms with Gasteiger partial charge in [-0.1, -0.05) is 97.2 Å². The maximum absolute atomic E-state index is 7.26. The SMILES string of the molecule is C[C@H]1CC[C@H](C)[PH+]1CCCC[PH+]1[C@@H](C)CC[C@@H]1C.[Au+].[Au+].[C-]#Cc1ccc2c(c1)[Si](C)(C)c1ccccc1-2.[C-]#Cc1ccc2c(c1)[Si](C)(C)c1ccccc1-2. The molecule has 4 atom stereocenters. The molecule has 4 aliphatic heterocycles. The summed E-state index contributed by atoms with van der Waals surface area (Å²) in [6, 6.07) is 30.0. The summed E-state index contributed by atoms with van der Waals surface area (Å²) >= 11 is 0. The molecule has 0 amide bonds. The molecule has 0 unspecified atom stereocenters. The fourth-order valence-corrected chi connectivity index (χ4v) is 23.5. The minimum atomic E-state index is -1.55. The van der Waals surface area contributed by atoms with Crippen molar-refractivity contribution in [2.45, 2.75) is 115 Å². The Morgan fingerprint density at radius 2 is 0.815 bits per heavy atom. The van der Waals surface area contributed by atoms with Crippen molar-refractivity contribution in [3.8, 4) is 34.1 Å². The molecule has 0 spiro atoms. The molecule has 2 fully saturated rings. The van der Waals surface area contributed by atoms with Crippen molar-refractivity contribution in [2.75, 3.05) is 12.3 Å². The standard InChI is InChI=1S/C16H32P2.2C16H13Si.2Au/c1-13-7-8-14(2)17(13)11-5-6-12-18-15(3)9-10-16(18)4;2*1-4-12-9-10-14-13-7-5-6-8-15(13)17(2,3)16(14)11-12;;/h13-16H,5-12H2,1-4H3;2*5-11H,2-3H3;;/q;2*-1;2*+1/p+2/t13-,14-,15-,16-;;;;/m0..../s1. The first-order chi connectivity index (χ1) is 24.9. The van der Waals surface area contributed by atoms with Crippen molar-refractivity contribution in [1.29, 1.82) is 0 Å². The largest absolute Gasteiger partial charge is 1.00 e. The molecular formula is C48H60Au2P2Si2+2. The van der Waals surface area contributed by atoms with E-state index in [1.807, 2.05) is 12.1 Å². The molecule has 0 bridgehead atoms. The first-order valence-electron chi connectivity index (χ1n) is 19.9. The molecule has 0 nitrogen and oxygen atoms in total. The van der Waals surface area contributed by atoms with Crippen molar-refractivity contribution >= 4 is 52.7 Å². The Morgan fingerprint density at radius 3 is 1.15 bits per heavy atom. The Bertz CT molecular complexity index is 1830. The second kappa shape index (κ2) is 19.5. The third kappa shape index (κ3) is 9.38. The van der Waals surface area contributed by atoms with Gasteiger partial charge in [-0.2, -0.15) is 0 Å². The maximum Gasteiger partial charge on any atom is 1.00 e. The van der Waals surface area contributed by atoms with Gasteiger partial charge in [0.2, 0.25) is 0 Å². The summed E-state index contributed by atoms with van der Waals surface area (Å²) in [5, 5.41) is 5.90. The van der Waals surface area contributed by atoms with Gasteiger partial charge in [-0.15, -0.1) is 35.4 Å². The van der Waals surface area contributed by atoms with E-state index < -0.39 is 16.1 Å². The average Bonchev–Trinajstić information content (AvgIpc) is 3.80. The normalized spacial score (nSPS) is 22.3. The van der Waals surface area contributed by atoms with Gasteiger partial charge in [-0.3, -0.25) is 11.8 Å². The summed E-state index contributed by atoms with van der Waals surface area (Å²) in [6.45, 7) is 19.7. The van der Waals surface area contributed by atoms with E-state index in [4.69, 9.17) is 12.8 Å². The van der Waals surface area contributed by atoms with Crippen LogP contribution in [0, 0.1) is 24.7 Å². The van der Waals surface area contributed by atoms with Crippen molar-refractivity contribution < 1.29 is 44.8 Å². The van der Waals surface area contributed by atoms with Crippen LogP contribution < -0.4 is 20.7 Å². The fraction of sp³-hybridized carbons (Fsp3) is 0.417. The minimum absolute atomic E-state index is 0. The van der Waals surface area contributed by atoms with Gasteiger partial charge < -0.3 is 12.8 Å². The van der Waals surface area contributed by atoms with Crippen LogP contribution in [0.3, 0.4) is 0 Å². The van der Waals surface area contributed by atoms with Gasteiger partial charge in [-0.05, 0) is 98.8 Å². The van der Waals surface area contributed by atoms with Gasteiger partial charge in [-0.25, -0.2) is 0 Å². The molecule has 0 saturated carbocycles. The smallest absolute Gasteiger partial charge is 0.366 e. The number of hydrogen-bond donors (Lipinski definition) is 0. The molecule has 0 aromatic heterocycles. The molecule has 4 aromatic rings. The van der Waals surface area contributed by atoms with Crippen LogP contribution in [0.15, 0.2) is 84.9 Å². The predicted molar refractivity (Wildman–Crippen MR) is 242 cm³/mol. The number of benzene rings is 4. The van der Waals surface area contributed by atoms with E-state index in [1.54, 1.807) is 50.8 Å². The summed E-state index contributed by atoms with van der Waals surface area (Å²) in [6.07, 6.45) is 27.1. The summed E-state index contributed by atoms with van der Waals surface area (Å²) in [4.78, 5) is 0. The van der Waals surface area contributed by atoms with E-state index in [1.165, 1.54) is 43.0 Å². The molecule has 4 aromatic carbocycles. The Kier molecular flexibility index (Phi) is 16.4. The number of fused-ring (bicyclic) bond motifs is 6. The van der Waals surface area contributed by atoms with E-state index >= 15 is 0 Å². The van der Waals surface area contributed by atoms with E-state index in [9.17, 15) is 0 Å². The molecule has 54 heavy (non-hydrogen) atoms. The fourth-order valence-electron chi connectivity index (χ4n) is 9.92. The van der Waals surface area contributed by atoms with Crippen molar-refractivity contribution in [3.05, 3.63) is 109 Å². The monoisotopic (exact) mass is 1150 g/mol. The van der Waals surface area contributed by atoms with Crippen LogP contribution in [-0.2, 0) is 44.8 Å². The van der Waals surface area contributed by atoms with Crippen LogP contribution in [-0.4, -0.2) is 51.1 Å². The first kappa shape index (κ1) is 45.5. The van der Waals surface area contributed by atoms with E-state index in [2.05, 4.69) is 139 Å². The van der Waals surface area contributed by atoms with Crippen molar-refractivity contribution in [1.82, 2.24) is 0 Å². The summed E-state index contributed by atoms with van der Waals surface area (Å²) in [7, 11) is -3.06. The van der Waals surface area contributed by atoms with Crippen LogP contribution in [0.5, 0.6) is 0 Å². The molecule has 0 N–H and O–H groups in total. The quantitative estimate of drug-likeness (QED) is 0.0615. The van der Waals surface area contributed by atoms with Crippen LogP contribution >= 0.6 is 15.8 Å². The molecule has 4 heterocycles. The second-order valence-electron chi connectivity index (χ2n) is 17.2. The first-order valence-corrected chi connectivity index (χ1v) is 29.7. The zero-order valence-corrected chi connectivity index (χ0v) is 42.0. The van der Waals surface area contributed by atoms with E-state index in [-0.39, 0.29) is 60.6 Å². The zero-order valence-electron chi connectivity index (χ0n) is 33.7. The van der Waals surface area contributed by atoms with Crippen molar-refractivity contribution in [3.63, 3.8) is 0 Å². The third-order valence-corrected chi connectivity index (χ3v) is 28.4. The van der Waals surface area contributed by atoms with Gasteiger partial charge in [0, 0.05) is 15.8 Å². The minimum Gasteiger partial charge on any atom is -0.366 e. The maximum atomic E-state index is 7.26. The van der Waals surface area contributed by atoms with Crippen LogP contribution in [0.4, 0.5) is 0 Å². The molecule has 0 radical (unpaired) electrons. The molecule has 4 aliphatic rings. The number of rotatable bonds is 5. The number of unbranched alkanes of at least 4 members (excludes halogenated alkanes) is 1. The van der Waals surface area contributed by atoms with E-state index in [0.717, 1.165) is 33.8 Å². The Balaban J connectivity index is 0.000000177.